The standard InChI is InChI=1S/C49H83O16P/c1-3-5-7-8-9-10-11-12-13-14-15-16-17-18-19-24-28-34-43(54)64-39(37-63-66(60,61)65-49-47(58)45(56)44(55)46(57)48(49)59)36-62-42(53)35-29-33-41(52)40(51)32-27-23-21-20-22-26-31-38(50)30-25-6-4-2/h9-10,12-13,20-23,26-27,31-32,38-41,44-52,55-59H,3-8,11,14-19,24-25,28-30,33-37H2,1-2H3,(H,60,61)/b10-9-,13-12-,22-20-,23-21+,31-26+,32-27+/t38-,39-,40-,41-,44?,45-,46+,47-,48-,49?/m1/s1. The number of carbonyl (C=O) groups excluding carboxylic acids is 2. The molecule has 1 rings (SSSR count). The van der Waals surface area contributed by atoms with Gasteiger partial charge in [-0.05, 0) is 57.8 Å². The fraction of sp³-hybridized carbons (Fsp3) is 0.714. The van der Waals surface area contributed by atoms with Crippen LogP contribution in [0.3, 0.4) is 0 Å². The quantitative estimate of drug-likeness (QED) is 0.0106. The maximum Gasteiger partial charge on any atom is 0.472 e. The smallest absolute Gasteiger partial charge is 0.462 e. The molecule has 0 aromatic carbocycles. The summed E-state index contributed by atoms with van der Waals surface area (Å²) in [6, 6.07) is 0. The molecule has 66 heavy (non-hydrogen) atoms. The van der Waals surface area contributed by atoms with Crippen molar-refractivity contribution in [3.8, 4) is 0 Å². The van der Waals surface area contributed by atoms with Gasteiger partial charge in [-0.3, -0.25) is 18.6 Å². The van der Waals surface area contributed by atoms with Crippen LogP contribution in [0.25, 0.3) is 0 Å². The van der Waals surface area contributed by atoms with Gasteiger partial charge in [0.2, 0.25) is 0 Å². The Hall–Kier alpha value is -2.83. The Labute approximate surface area is 393 Å². The molecule has 0 aromatic rings. The Bertz CT molecular complexity index is 1480. The normalized spacial score (nSPS) is 23.4. The van der Waals surface area contributed by atoms with Gasteiger partial charge in [-0.15, -0.1) is 0 Å². The zero-order valence-corrected chi connectivity index (χ0v) is 40.2. The van der Waals surface area contributed by atoms with Gasteiger partial charge in [-0.25, -0.2) is 4.57 Å². The highest BCUT2D eigenvalue weighted by Gasteiger charge is 2.51. The lowest BCUT2D eigenvalue weighted by Gasteiger charge is -2.41. The molecule has 17 heteroatoms. The van der Waals surface area contributed by atoms with Gasteiger partial charge in [0.05, 0.1) is 24.9 Å². The molecule has 11 atom stereocenters. The van der Waals surface area contributed by atoms with Crippen molar-refractivity contribution in [1.29, 1.82) is 0 Å². The summed E-state index contributed by atoms with van der Waals surface area (Å²) in [7, 11) is -5.21. The van der Waals surface area contributed by atoms with E-state index in [1.807, 2.05) is 0 Å². The van der Waals surface area contributed by atoms with Crippen LogP contribution in [0.5, 0.6) is 0 Å². The maximum absolute atomic E-state index is 12.8. The van der Waals surface area contributed by atoms with Crippen molar-refractivity contribution in [2.24, 2.45) is 0 Å². The maximum atomic E-state index is 12.8. The fourth-order valence-electron chi connectivity index (χ4n) is 6.82. The lowest BCUT2D eigenvalue weighted by Crippen LogP contribution is -2.64. The molecular formula is C49H83O16P. The van der Waals surface area contributed by atoms with Crippen LogP contribution >= 0.6 is 7.82 Å². The van der Waals surface area contributed by atoms with E-state index in [0.717, 1.165) is 77.0 Å². The Morgan fingerprint density at radius 2 is 1.09 bits per heavy atom. The average Bonchev–Trinajstić information content (AvgIpc) is 3.29. The molecule has 16 nitrogen and oxygen atoms in total. The van der Waals surface area contributed by atoms with Gasteiger partial charge in [0.15, 0.2) is 6.10 Å². The van der Waals surface area contributed by atoms with Crippen LogP contribution in [-0.4, -0.2) is 132 Å². The Balaban J connectivity index is 2.60. The summed E-state index contributed by atoms with van der Waals surface area (Å²) in [5.41, 5.74) is 0. The fourth-order valence-corrected chi connectivity index (χ4v) is 7.79. The number of unbranched alkanes of at least 4 members (excludes halogenated alkanes) is 12. The molecule has 0 heterocycles. The van der Waals surface area contributed by atoms with E-state index in [9.17, 15) is 59.9 Å². The van der Waals surface area contributed by atoms with E-state index >= 15 is 0 Å². The number of carbonyl (C=O) groups is 2. The summed E-state index contributed by atoms with van der Waals surface area (Å²) in [6.45, 7) is 2.86. The van der Waals surface area contributed by atoms with Crippen LogP contribution in [0.1, 0.15) is 149 Å². The molecule has 3 unspecified atom stereocenters. The lowest BCUT2D eigenvalue weighted by atomic mass is 9.85. The van der Waals surface area contributed by atoms with E-state index in [1.54, 1.807) is 42.5 Å². The third-order valence-electron chi connectivity index (χ3n) is 10.9. The molecule has 0 bridgehead atoms. The summed E-state index contributed by atoms with van der Waals surface area (Å²) in [5, 5.41) is 80.8. The molecule has 0 saturated heterocycles. The van der Waals surface area contributed by atoms with Crippen LogP contribution in [0.15, 0.2) is 72.9 Å². The van der Waals surface area contributed by atoms with E-state index in [4.69, 9.17) is 18.5 Å². The number of phosphoric ester groups is 1. The molecule has 1 aliphatic carbocycles. The van der Waals surface area contributed by atoms with E-state index in [2.05, 4.69) is 38.2 Å². The summed E-state index contributed by atoms with van der Waals surface area (Å²) < 4.78 is 33.3. The van der Waals surface area contributed by atoms with Crippen LogP contribution in [0.4, 0.5) is 0 Å². The van der Waals surface area contributed by atoms with Gasteiger partial charge in [-0.2, -0.15) is 0 Å². The van der Waals surface area contributed by atoms with Gasteiger partial charge >= 0.3 is 19.8 Å². The molecule has 0 spiro atoms. The number of rotatable bonds is 38. The molecular weight excluding hydrogens is 875 g/mol. The number of aliphatic hydroxyl groups excluding tert-OH is 8. The molecule has 1 aliphatic rings. The van der Waals surface area contributed by atoms with Crippen LogP contribution in [0, 0.1) is 0 Å². The van der Waals surface area contributed by atoms with Crippen molar-refractivity contribution in [2.45, 2.75) is 210 Å². The van der Waals surface area contributed by atoms with Crippen LogP contribution < -0.4 is 0 Å². The molecule has 1 fully saturated rings. The zero-order valence-electron chi connectivity index (χ0n) is 39.3. The first-order valence-electron chi connectivity index (χ1n) is 24.1. The first kappa shape index (κ1) is 61.2. The van der Waals surface area contributed by atoms with E-state index < -0.39 is 94.0 Å². The van der Waals surface area contributed by atoms with Crippen molar-refractivity contribution >= 4 is 19.8 Å². The topological polar surface area (TPSA) is 270 Å². The number of aliphatic hydroxyl groups is 8. The lowest BCUT2D eigenvalue weighted by molar-refractivity contribution is -0.220. The van der Waals surface area contributed by atoms with Crippen LogP contribution in [0.2, 0.25) is 0 Å². The molecule has 0 aliphatic heterocycles. The van der Waals surface area contributed by atoms with Crippen molar-refractivity contribution in [1.82, 2.24) is 0 Å². The zero-order chi connectivity index (χ0) is 49.0. The molecule has 0 radical (unpaired) electrons. The molecule has 380 valence electrons. The predicted octanol–water partition coefficient (Wildman–Crippen LogP) is 6.41. The summed E-state index contributed by atoms with van der Waals surface area (Å²) in [6.07, 6.45) is 22.9. The third kappa shape index (κ3) is 29.8. The number of ether oxygens (including phenoxy) is 2. The largest absolute Gasteiger partial charge is 0.472 e. The Morgan fingerprint density at radius 3 is 1.71 bits per heavy atom. The molecule has 0 aromatic heterocycles. The molecule has 9 N–H and O–H groups in total. The van der Waals surface area contributed by atoms with Crippen molar-refractivity contribution in [2.75, 3.05) is 13.2 Å². The van der Waals surface area contributed by atoms with Gasteiger partial charge in [0.25, 0.3) is 0 Å². The molecule has 0 amide bonds. The number of hydrogen-bond acceptors (Lipinski definition) is 15. The minimum atomic E-state index is -5.21. The van der Waals surface area contributed by atoms with Gasteiger partial charge in [0.1, 0.15) is 43.2 Å². The first-order chi connectivity index (χ1) is 31.6. The van der Waals surface area contributed by atoms with Crippen molar-refractivity contribution in [3.05, 3.63) is 72.9 Å². The van der Waals surface area contributed by atoms with E-state index in [-0.39, 0.29) is 25.7 Å². The Kier molecular flexibility index (Phi) is 35.3. The summed E-state index contributed by atoms with van der Waals surface area (Å²) in [5.74, 6) is -1.44. The minimum absolute atomic E-state index is 0.0108. The number of hydrogen-bond donors (Lipinski definition) is 9. The second-order valence-electron chi connectivity index (χ2n) is 16.8. The minimum Gasteiger partial charge on any atom is -0.462 e. The highest BCUT2D eigenvalue weighted by molar-refractivity contribution is 7.47. The van der Waals surface area contributed by atoms with Crippen molar-refractivity contribution < 1.29 is 78.4 Å². The third-order valence-corrected chi connectivity index (χ3v) is 11.9. The predicted molar refractivity (Wildman–Crippen MR) is 253 cm³/mol. The first-order valence-corrected chi connectivity index (χ1v) is 25.6. The van der Waals surface area contributed by atoms with Gasteiger partial charge < -0.3 is 55.2 Å². The van der Waals surface area contributed by atoms with Crippen LogP contribution in [-0.2, 0) is 32.7 Å². The number of esters is 2. The summed E-state index contributed by atoms with van der Waals surface area (Å²) >= 11 is 0. The number of allylic oxidation sites excluding steroid dienone is 10. The Morgan fingerprint density at radius 1 is 0.576 bits per heavy atom. The average molecular weight is 959 g/mol. The second kappa shape index (κ2) is 38.1. The second-order valence-corrected chi connectivity index (χ2v) is 18.2. The van der Waals surface area contributed by atoms with Gasteiger partial charge in [-0.1, -0.05) is 151 Å². The SMILES string of the molecule is CCCCC/C=C\C/C=C\CCCCCCCCCC(=O)O[C@H](COC(=O)CCC[C@@H](O)[C@H](O)/C=C/C=C/C=C\C=C\[C@H](O)CCCCC)COP(=O)(O)OC1[C@H](O)[C@H](O)C(O)[C@H](O)[C@H]1O. The number of phosphoric acid groups is 1. The molecule has 1 saturated carbocycles. The van der Waals surface area contributed by atoms with E-state index in [0.29, 0.717) is 12.8 Å². The highest BCUT2D eigenvalue weighted by Crippen LogP contribution is 2.47. The monoisotopic (exact) mass is 959 g/mol. The van der Waals surface area contributed by atoms with Gasteiger partial charge in [0, 0.05) is 12.8 Å². The van der Waals surface area contributed by atoms with E-state index in [1.165, 1.54) is 25.3 Å². The van der Waals surface area contributed by atoms with Crippen molar-refractivity contribution in [3.63, 3.8) is 0 Å². The summed E-state index contributed by atoms with van der Waals surface area (Å²) in [4.78, 5) is 35.8. The highest BCUT2D eigenvalue weighted by atomic mass is 31.2.